The number of hydrogen-bond donors (Lipinski definition) is 0. The van der Waals surface area contributed by atoms with E-state index in [2.05, 4.69) is 0 Å². The van der Waals surface area contributed by atoms with Crippen LogP contribution in [0.3, 0.4) is 0 Å². The maximum absolute atomic E-state index is 13.4. The maximum Gasteiger partial charge on any atom is 0.178 e. The highest BCUT2D eigenvalue weighted by molar-refractivity contribution is 6.06. The number of benzene rings is 1. The molecule has 0 amide bonds. The minimum absolute atomic E-state index is 0.107. The molecule has 0 spiro atoms. The Balaban J connectivity index is 3.25. The van der Waals surface area contributed by atoms with Crippen molar-refractivity contribution in [3.8, 4) is 6.07 Å². The van der Waals surface area contributed by atoms with E-state index in [1.807, 2.05) is 0 Å². The van der Waals surface area contributed by atoms with Crippen molar-refractivity contribution in [3.05, 3.63) is 41.0 Å². The summed E-state index contributed by atoms with van der Waals surface area (Å²) in [6.07, 6.45) is 1.08. The SMILES string of the molecule is CC(C)(C)C(=O)C(C#N)=Cc1cc(F)ccc1F. The van der Waals surface area contributed by atoms with Crippen LogP contribution in [0, 0.1) is 28.4 Å². The molecule has 0 atom stereocenters. The normalized spacial score (nSPS) is 12.1. The predicted octanol–water partition coefficient (Wildman–Crippen LogP) is 3.49. The zero-order valence-electron chi connectivity index (χ0n) is 10.4. The van der Waals surface area contributed by atoms with Crippen LogP contribution in [0.25, 0.3) is 6.08 Å². The van der Waals surface area contributed by atoms with Gasteiger partial charge in [-0.05, 0) is 24.3 Å². The van der Waals surface area contributed by atoms with Gasteiger partial charge in [-0.15, -0.1) is 0 Å². The summed E-state index contributed by atoms with van der Waals surface area (Å²) in [6.45, 7) is 4.97. The summed E-state index contributed by atoms with van der Waals surface area (Å²) in [7, 11) is 0. The number of ketones is 1. The Bertz CT molecular complexity index is 548. The Hall–Kier alpha value is -2.02. The number of carbonyl (C=O) groups excluding carboxylic acids is 1. The van der Waals surface area contributed by atoms with E-state index < -0.39 is 22.8 Å². The maximum atomic E-state index is 13.4. The summed E-state index contributed by atoms with van der Waals surface area (Å²) >= 11 is 0. The molecular formula is C14H13F2NO. The molecule has 0 heterocycles. The van der Waals surface area contributed by atoms with Gasteiger partial charge in [0.05, 0.1) is 5.57 Å². The molecule has 1 aromatic rings. The molecule has 0 aliphatic carbocycles. The number of hydrogen-bond acceptors (Lipinski definition) is 2. The Labute approximate surface area is 105 Å². The molecule has 0 radical (unpaired) electrons. The van der Waals surface area contributed by atoms with Crippen LogP contribution in [0.1, 0.15) is 26.3 Å². The molecule has 0 aliphatic rings. The molecule has 0 N–H and O–H groups in total. The van der Waals surface area contributed by atoms with Crippen molar-refractivity contribution in [2.45, 2.75) is 20.8 Å². The van der Waals surface area contributed by atoms with Crippen molar-refractivity contribution in [3.63, 3.8) is 0 Å². The fourth-order valence-corrected chi connectivity index (χ4v) is 1.33. The lowest BCUT2D eigenvalue weighted by molar-refractivity contribution is -0.121. The molecule has 0 aliphatic heterocycles. The fourth-order valence-electron chi connectivity index (χ4n) is 1.33. The zero-order chi connectivity index (χ0) is 13.9. The van der Waals surface area contributed by atoms with Gasteiger partial charge in [0.25, 0.3) is 0 Å². The first-order valence-corrected chi connectivity index (χ1v) is 5.37. The molecular weight excluding hydrogens is 236 g/mol. The average Bonchev–Trinajstić information content (AvgIpc) is 2.28. The largest absolute Gasteiger partial charge is 0.293 e. The number of allylic oxidation sites excluding steroid dienone is 1. The van der Waals surface area contributed by atoms with Crippen molar-refractivity contribution in [1.82, 2.24) is 0 Å². The van der Waals surface area contributed by atoms with Gasteiger partial charge < -0.3 is 0 Å². The van der Waals surface area contributed by atoms with Crippen LogP contribution in [0.2, 0.25) is 0 Å². The minimum atomic E-state index is -0.745. The molecule has 1 rings (SSSR count). The Morgan fingerprint density at radius 2 is 1.94 bits per heavy atom. The third-order valence-electron chi connectivity index (χ3n) is 2.30. The van der Waals surface area contributed by atoms with E-state index in [0.717, 1.165) is 24.3 Å². The number of carbonyl (C=O) groups is 1. The van der Waals surface area contributed by atoms with E-state index in [4.69, 9.17) is 5.26 Å². The highest BCUT2D eigenvalue weighted by Gasteiger charge is 2.25. The molecule has 0 aromatic heterocycles. The van der Waals surface area contributed by atoms with E-state index in [-0.39, 0.29) is 11.1 Å². The average molecular weight is 249 g/mol. The molecule has 0 saturated carbocycles. The first-order valence-electron chi connectivity index (χ1n) is 5.37. The van der Waals surface area contributed by atoms with Gasteiger partial charge in [0.2, 0.25) is 0 Å². The first kappa shape index (κ1) is 14.0. The van der Waals surface area contributed by atoms with E-state index in [1.165, 1.54) is 0 Å². The number of nitriles is 1. The fraction of sp³-hybridized carbons (Fsp3) is 0.286. The lowest BCUT2D eigenvalue weighted by atomic mass is 9.86. The van der Waals surface area contributed by atoms with Crippen molar-refractivity contribution in [2.75, 3.05) is 0 Å². The van der Waals surface area contributed by atoms with E-state index >= 15 is 0 Å². The van der Waals surface area contributed by atoms with Crippen molar-refractivity contribution < 1.29 is 13.6 Å². The molecule has 4 heteroatoms. The lowest BCUT2D eigenvalue weighted by Gasteiger charge is -2.15. The first-order chi connectivity index (χ1) is 8.25. The molecule has 1 aromatic carbocycles. The molecule has 0 bridgehead atoms. The monoisotopic (exact) mass is 249 g/mol. The standard InChI is InChI=1S/C14H13F2NO/c1-14(2,3)13(18)10(8-17)6-9-7-11(15)4-5-12(9)16/h4-7H,1-3H3. The van der Waals surface area contributed by atoms with Crippen molar-refractivity contribution >= 4 is 11.9 Å². The summed E-state index contributed by atoms with van der Waals surface area (Å²) in [5, 5.41) is 8.93. The summed E-state index contributed by atoms with van der Waals surface area (Å²) in [5.41, 5.74) is -1.04. The zero-order valence-corrected chi connectivity index (χ0v) is 10.4. The highest BCUT2D eigenvalue weighted by Crippen LogP contribution is 2.22. The summed E-state index contributed by atoms with van der Waals surface area (Å²) in [6, 6.07) is 4.61. The second-order valence-corrected chi connectivity index (χ2v) is 4.91. The Morgan fingerprint density at radius 1 is 1.33 bits per heavy atom. The van der Waals surface area contributed by atoms with Gasteiger partial charge in [-0.25, -0.2) is 8.78 Å². The van der Waals surface area contributed by atoms with Crippen molar-refractivity contribution in [1.29, 1.82) is 5.26 Å². The molecule has 0 fully saturated rings. The lowest BCUT2D eigenvalue weighted by Crippen LogP contribution is -2.21. The molecule has 2 nitrogen and oxygen atoms in total. The van der Waals surface area contributed by atoms with Crippen LogP contribution < -0.4 is 0 Å². The third-order valence-corrected chi connectivity index (χ3v) is 2.30. The summed E-state index contributed by atoms with van der Waals surface area (Å²) in [5.74, 6) is -1.71. The van der Waals surface area contributed by atoms with Crippen molar-refractivity contribution in [2.24, 2.45) is 5.41 Å². The predicted molar refractivity (Wildman–Crippen MR) is 64.4 cm³/mol. The van der Waals surface area contributed by atoms with Gasteiger partial charge in [0, 0.05) is 11.0 Å². The second kappa shape index (κ2) is 5.09. The number of Topliss-reactive ketones (excluding diaryl/α,β-unsaturated/α-hetero) is 1. The van der Waals surface area contributed by atoms with E-state index in [0.29, 0.717) is 0 Å². The molecule has 18 heavy (non-hydrogen) atoms. The summed E-state index contributed by atoms with van der Waals surface area (Å²) < 4.78 is 26.4. The Morgan fingerprint density at radius 3 is 2.44 bits per heavy atom. The van der Waals surface area contributed by atoms with Gasteiger partial charge in [-0.1, -0.05) is 20.8 Å². The Kier molecular flexibility index (Phi) is 3.97. The van der Waals surface area contributed by atoms with Crippen LogP contribution in [0.15, 0.2) is 23.8 Å². The minimum Gasteiger partial charge on any atom is -0.293 e. The highest BCUT2D eigenvalue weighted by atomic mass is 19.1. The van der Waals surface area contributed by atoms with Crippen LogP contribution >= 0.6 is 0 Å². The number of rotatable bonds is 2. The summed E-state index contributed by atoms with van der Waals surface area (Å²) in [4.78, 5) is 11.9. The second-order valence-electron chi connectivity index (χ2n) is 4.91. The molecule has 0 saturated heterocycles. The van der Waals surface area contributed by atoms with Crippen LogP contribution in [-0.2, 0) is 4.79 Å². The van der Waals surface area contributed by atoms with Gasteiger partial charge in [0.15, 0.2) is 5.78 Å². The van der Waals surface area contributed by atoms with E-state index in [1.54, 1.807) is 26.8 Å². The topological polar surface area (TPSA) is 40.9 Å². The van der Waals surface area contributed by atoms with Gasteiger partial charge in [-0.3, -0.25) is 4.79 Å². The third kappa shape index (κ3) is 3.24. The van der Waals surface area contributed by atoms with Gasteiger partial charge in [0.1, 0.15) is 17.7 Å². The number of halogens is 2. The van der Waals surface area contributed by atoms with E-state index in [9.17, 15) is 13.6 Å². The van der Waals surface area contributed by atoms with Crippen LogP contribution in [-0.4, -0.2) is 5.78 Å². The number of nitrogens with zero attached hydrogens (tertiary/aromatic N) is 1. The quantitative estimate of drug-likeness (QED) is 0.594. The van der Waals surface area contributed by atoms with Crippen LogP contribution in [0.4, 0.5) is 8.78 Å². The smallest absolute Gasteiger partial charge is 0.178 e. The molecule has 94 valence electrons. The van der Waals surface area contributed by atoms with Crippen LogP contribution in [0.5, 0.6) is 0 Å². The van der Waals surface area contributed by atoms with Gasteiger partial charge in [-0.2, -0.15) is 5.26 Å². The van der Waals surface area contributed by atoms with Gasteiger partial charge >= 0.3 is 0 Å². The molecule has 0 unspecified atom stereocenters.